The Bertz CT molecular complexity index is 1520. The highest BCUT2D eigenvalue weighted by molar-refractivity contribution is 7.11. The fourth-order valence-corrected chi connectivity index (χ4v) is 6.75. The second-order valence-electron chi connectivity index (χ2n) is 10.7. The number of H-pyrrole nitrogens is 1. The van der Waals surface area contributed by atoms with E-state index in [9.17, 15) is 0 Å². The Kier molecular flexibility index (Phi) is 8.74. The summed E-state index contributed by atoms with van der Waals surface area (Å²) in [5, 5.41) is 4.81. The third-order valence-corrected chi connectivity index (χ3v) is 9.01. The molecule has 0 fully saturated rings. The van der Waals surface area contributed by atoms with Crippen LogP contribution in [-0.2, 0) is 26.1 Å². The van der Waals surface area contributed by atoms with Crippen molar-refractivity contribution in [3.8, 4) is 0 Å². The van der Waals surface area contributed by atoms with Crippen molar-refractivity contribution in [1.82, 2.24) is 30.2 Å². The molecular weight excluding hydrogens is 512 g/mol. The summed E-state index contributed by atoms with van der Waals surface area (Å²) >= 11 is 1.79. The van der Waals surface area contributed by atoms with Crippen LogP contribution in [0.15, 0.2) is 66.9 Å². The molecule has 0 radical (unpaired) electrons. The van der Waals surface area contributed by atoms with E-state index in [0.717, 1.165) is 60.0 Å². The van der Waals surface area contributed by atoms with Crippen LogP contribution < -0.4 is 5.32 Å². The topological polar surface area (TPSA) is 69.7 Å². The van der Waals surface area contributed by atoms with Crippen molar-refractivity contribution in [2.75, 3.05) is 0 Å². The fraction of sp³-hybridized carbons (Fsp3) is 0.364. The van der Waals surface area contributed by atoms with Crippen LogP contribution in [0.25, 0.3) is 11.0 Å². The van der Waals surface area contributed by atoms with E-state index in [1.54, 1.807) is 11.3 Å². The molecule has 1 aliphatic rings. The third kappa shape index (κ3) is 6.17. The minimum atomic E-state index is 0. The molecule has 0 saturated carbocycles. The summed E-state index contributed by atoms with van der Waals surface area (Å²) in [4.78, 5) is 21.8. The summed E-state index contributed by atoms with van der Waals surface area (Å²) in [6.45, 7) is 8.83. The summed E-state index contributed by atoms with van der Waals surface area (Å²) in [5.41, 5.74) is 8.44. The first-order valence-corrected chi connectivity index (χ1v) is 14.7. The van der Waals surface area contributed by atoms with E-state index in [4.69, 9.17) is 9.97 Å². The molecule has 7 heteroatoms. The standard InChI is InChI=1S/C32H36N6S.CH4/c1-21(32-22(2)35-23(3)39-32)34-18-24-13-15-25(16-14-24)19-38(20-30-36-27-10-4-5-11-28(27)37-30)29-12-6-8-26-9-7-17-33-31(26)29;/h4-5,7,9-11,13-17,21,29,34H,6,8,12,18-20H2,1-3H3,(H,36,37);1H4. The molecule has 2 atom stereocenters. The normalized spacial score (nSPS) is 15.7. The number of para-hydroxylation sites is 2. The van der Waals surface area contributed by atoms with Gasteiger partial charge < -0.3 is 10.3 Å². The first-order chi connectivity index (χ1) is 19.0. The number of aryl methyl sites for hydroxylation is 3. The van der Waals surface area contributed by atoms with Gasteiger partial charge in [0.1, 0.15) is 5.82 Å². The van der Waals surface area contributed by atoms with Gasteiger partial charge in [0, 0.05) is 30.2 Å². The Labute approximate surface area is 241 Å². The molecule has 0 aliphatic heterocycles. The third-order valence-electron chi connectivity index (χ3n) is 7.75. The van der Waals surface area contributed by atoms with E-state index in [1.807, 2.05) is 12.3 Å². The van der Waals surface area contributed by atoms with Gasteiger partial charge >= 0.3 is 0 Å². The zero-order valence-corrected chi connectivity index (χ0v) is 23.8. The van der Waals surface area contributed by atoms with Crippen LogP contribution in [-0.4, -0.2) is 24.8 Å². The predicted molar refractivity (Wildman–Crippen MR) is 165 cm³/mol. The number of aromatic amines is 1. The molecule has 0 spiro atoms. The van der Waals surface area contributed by atoms with E-state index >= 15 is 0 Å². The van der Waals surface area contributed by atoms with Crippen molar-refractivity contribution in [3.63, 3.8) is 0 Å². The van der Waals surface area contributed by atoms with Crippen LogP contribution in [0, 0.1) is 13.8 Å². The van der Waals surface area contributed by atoms with Gasteiger partial charge in [0.2, 0.25) is 0 Å². The van der Waals surface area contributed by atoms with E-state index in [-0.39, 0.29) is 19.5 Å². The van der Waals surface area contributed by atoms with Crippen LogP contribution in [0.4, 0.5) is 0 Å². The lowest BCUT2D eigenvalue weighted by Gasteiger charge is -2.34. The largest absolute Gasteiger partial charge is 0.341 e. The predicted octanol–water partition coefficient (Wildman–Crippen LogP) is 7.60. The number of fused-ring (bicyclic) bond motifs is 2. The number of pyridine rings is 1. The maximum atomic E-state index is 4.90. The van der Waals surface area contributed by atoms with Gasteiger partial charge in [-0.3, -0.25) is 9.88 Å². The molecule has 5 aromatic rings. The molecule has 3 aromatic heterocycles. The number of nitrogens with one attached hydrogen (secondary N) is 2. The van der Waals surface area contributed by atoms with Gasteiger partial charge in [0.25, 0.3) is 0 Å². The van der Waals surface area contributed by atoms with Crippen LogP contribution in [0.5, 0.6) is 0 Å². The molecule has 1 aliphatic carbocycles. The van der Waals surface area contributed by atoms with Gasteiger partial charge in [-0.2, -0.15) is 0 Å². The minimum absolute atomic E-state index is 0. The highest BCUT2D eigenvalue weighted by Gasteiger charge is 2.28. The summed E-state index contributed by atoms with van der Waals surface area (Å²) < 4.78 is 0. The Balaban J connectivity index is 0.00000323. The second-order valence-corrected chi connectivity index (χ2v) is 11.9. The zero-order valence-electron chi connectivity index (χ0n) is 22.9. The summed E-state index contributed by atoms with van der Waals surface area (Å²) in [6.07, 6.45) is 5.34. The molecule has 6 rings (SSSR count). The fourth-order valence-electron chi connectivity index (χ4n) is 5.80. The summed E-state index contributed by atoms with van der Waals surface area (Å²) in [5.74, 6) is 1.00. The molecule has 0 amide bonds. The van der Waals surface area contributed by atoms with Crippen LogP contribution in [0.2, 0.25) is 0 Å². The molecule has 208 valence electrons. The number of benzene rings is 2. The van der Waals surface area contributed by atoms with Crippen molar-refractivity contribution in [1.29, 1.82) is 0 Å². The smallest absolute Gasteiger partial charge is 0.121 e. The SMILES string of the molecule is C.Cc1nc(C)c(C(C)NCc2ccc(CN(Cc3nc4ccccc4[nH]3)C3CCCc4cccnc43)cc2)s1. The van der Waals surface area contributed by atoms with Crippen LogP contribution in [0.3, 0.4) is 0 Å². The van der Waals surface area contributed by atoms with Crippen molar-refractivity contribution in [2.45, 2.75) is 79.2 Å². The number of aromatic nitrogens is 4. The van der Waals surface area contributed by atoms with Crippen molar-refractivity contribution >= 4 is 22.4 Å². The van der Waals surface area contributed by atoms with Crippen molar-refractivity contribution < 1.29 is 0 Å². The Morgan fingerprint density at radius 3 is 2.58 bits per heavy atom. The molecular formula is C33H40N6S. The monoisotopic (exact) mass is 552 g/mol. The molecule has 40 heavy (non-hydrogen) atoms. The van der Waals surface area contributed by atoms with E-state index in [0.29, 0.717) is 0 Å². The molecule has 6 nitrogen and oxygen atoms in total. The van der Waals surface area contributed by atoms with Gasteiger partial charge in [0.05, 0.1) is 40.0 Å². The molecule has 2 aromatic carbocycles. The van der Waals surface area contributed by atoms with Crippen molar-refractivity contribution in [2.24, 2.45) is 0 Å². The minimum Gasteiger partial charge on any atom is -0.341 e. The average molecular weight is 553 g/mol. The highest BCUT2D eigenvalue weighted by atomic mass is 32.1. The Morgan fingerprint density at radius 2 is 1.80 bits per heavy atom. The molecule has 2 unspecified atom stereocenters. The van der Waals surface area contributed by atoms with Gasteiger partial charge in [-0.15, -0.1) is 11.3 Å². The number of thiazole rings is 1. The van der Waals surface area contributed by atoms with E-state index < -0.39 is 0 Å². The first kappa shape index (κ1) is 28.1. The Hall–Kier alpha value is -3.39. The molecule has 0 saturated heterocycles. The van der Waals surface area contributed by atoms with Gasteiger partial charge in [-0.25, -0.2) is 9.97 Å². The number of hydrogen-bond acceptors (Lipinski definition) is 6. The van der Waals surface area contributed by atoms with E-state index in [2.05, 4.69) is 95.6 Å². The highest BCUT2D eigenvalue weighted by Crippen LogP contribution is 2.35. The molecule has 2 N–H and O–H groups in total. The van der Waals surface area contributed by atoms with E-state index in [1.165, 1.54) is 33.7 Å². The maximum absolute atomic E-state index is 4.90. The summed E-state index contributed by atoms with van der Waals surface area (Å²) in [6, 6.07) is 22.2. The lowest BCUT2D eigenvalue weighted by Crippen LogP contribution is -2.31. The lowest BCUT2D eigenvalue weighted by atomic mass is 9.90. The summed E-state index contributed by atoms with van der Waals surface area (Å²) in [7, 11) is 0. The van der Waals surface area contributed by atoms with Gasteiger partial charge in [0.15, 0.2) is 0 Å². The number of imidazole rings is 1. The lowest BCUT2D eigenvalue weighted by molar-refractivity contribution is 0.153. The van der Waals surface area contributed by atoms with Crippen LogP contribution in [0.1, 0.15) is 83.1 Å². The average Bonchev–Trinajstić information content (AvgIpc) is 3.53. The second kappa shape index (κ2) is 12.4. The van der Waals surface area contributed by atoms with Gasteiger partial charge in [-0.1, -0.05) is 49.9 Å². The first-order valence-electron chi connectivity index (χ1n) is 13.9. The number of nitrogens with zero attached hydrogens (tertiary/aromatic N) is 4. The zero-order chi connectivity index (χ0) is 26.8. The quantitative estimate of drug-likeness (QED) is 0.197. The molecule has 3 heterocycles. The number of rotatable bonds is 9. The number of hydrogen-bond donors (Lipinski definition) is 2. The molecule has 0 bridgehead atoms. The van der Waals surface area contributed by atoms with Gasteiger partial charge in [-0.05, 0) is 74.9 Å². The van der Waals surface area contributed by atoms with Crippen molar-refractivity contribution in [3.05, 3.63) is 111 Å². The Morgan fingerprint density at radius 1 is 1.00 bits per heavy atom. The van der Waals surface area contributed by atoms with Crippen LogP contribution >= 0.6 is 11.3 Å². The maximum Gasteiger partial charge on any atom is 0.121 e.